The summed E-state index contributed by atoms with van der Waals surface area (Å²) in [6.45, 7) is 0.397. The van der Waals surface area contributed by atoms with E-state index in [9.17, 15) is 9.59 Å². The molecule has 0 radical (unpaired) electrons. The fraction of sp³-hybridized carbons (Fsp3) is 0.148. The standard InChI is InChI=1S/C27H24N4O2S/c1-30(27(33)20-12-13-24-23(16-20)28-25(32)14-15-34-24)17-21-18-31(22-10-6-3-7-11-22)29-26(21)19-8-4-2-5-9-19/h2-13,16,18H,14-15,17H2,1H3,(H,28,32). The third-order valence-corrected chi connectivity index (χ3v) is 6.77. The molecule has 1 aliphatic rings. The van der Waals surface area contributed by atoms with Gasteiger partial charge in [0.1, 0.15) is 0 Å². The molecule has 0 atom stereocenters. The van der Waals surface area contributed by atoms with Crippen LogP contribution in [-0.4, -0.2) is 39.3 Å². The lowest BCUT2D eigenvalue weighted by Crippen LogP contribution is -2.26. The van der Waals surface area contributed by atoms with Gasteiger partial charge in [-0.05, 0) is 30.3 Å². The Kier molecular flexibility index (Phi) is 6.18. The molecule has 2 amide bonds. The number of benzene rings is 3. The highest BCUT2D eigenvalue weighted by Crippen LogP contribution is 2.32. The maximum absolute atomic E-state index is 13.3. The molecule has 4 aromatic rings. The molecular formula is C27H24N4O2S. The van der Waals surface area contributed by atoms with Crippen molar-refractivity contribution in [3.63, 3.8) is 0 Å². The van der Waals surface area contributed by atoms with Crippen LogP contribution in [0.1, 0.15) is 22.3 Å². The molecule has 0 unspecified atom stereocenters. The Morgan fingerprint density at radius 1 is 1.06 bits per heavy atom. The minimum Gasteiger partial charge on any atom is -0.337 e. The molecule has 170 valence electrons. The van der Waals surface area contributed by atoms with Gasteiger partial charge in [0.05, 0.1) is 17.1 Å². The lowest BCUT2D eigenvalue weighted by molar-refractivity contribution is -0.115. The molecule has 0 saturated heterocycles. The molecule has 0 fully saturated rings. The molecule has 2 heterocycles. The van der Waals surface area contributed by atoms with E-state index in [1.165, 1.54) is 0 Å². The van der Waals surface area contributed by atoms with E-state index in [0.717, 1.165) is 33.2 Å². The lowest BCUT2D eigenvalue weighted by Gasteiger charge is -2.18. The highest BCUT2D eigenvalue weighted by atomic mass is 32.2. The van der Waals surface area contributed by atoms with Gasteiger partial charge in [0.2, 0.25) is 5.91 Å². The maximum Gasteiger partial charge on any atom is 0.253 e. The number of thioether (sulfide) groups is 1. The first-order valence-electron chi connectivity index (χ1n) is 11.1. The van der Waals surface area contributed by atoms with Crippen molar-refractivity contribution in [1.82, 2.24) is 14.7 Å². The number of hydrogen-bond donors (Lipinski definition) is 1. The van der Waals surface area contributed by atoms with Crippen LogP contribution < -0.4 is 5.32 Å². The van der Waals surface area contributed by atoms with Crippen molar-refractivity contribution in [2.24, 2.45) is 0 Å². The molecule has 1 aliphatic heterocycles. The van der Waals surface area contributed by atoms with Gasteiger partial charge in [-0.2, -0.15) is 5.10 Å². The van der Waals surface area contributed by atoms with E-state index < -0.39 is 0 Å². The van der Waals surface area contributed by atoms with Gasteiger partial charge in [-0.25, -0.2) is 4.68 Å². The van der Waals surface area contributed by atoms with Gasteiger partial charge in [0.25, 0.3) is 5.91 Å². The van der Waals surface area contributed by atoms with Crippen LogP contribution in [0.15, 0.2) is 90.0 Å². The number of amides is 2. The summed E-state index contributed by atoms with van der Waals surface area (Å²) in [5.41, 5.74) is 4.99. The molecule has 3 aromatic carbocycles. The quantitative estimate of drug-likeness (QED) is 0.435. The van der Waals surface area contributed by atoms with E-state index in [2.05, 4.69) is 5.32 Å². The SMILES string of the molecule is CN(Cc1cn(-c2ccccc2)nc1-c1ccccc1)C(=O)c1ccc2c(c1)NC(=O)CCS2. The van der Waals surface area contributed by atoms with Crippen LogP contribution in [0, 0.1) is 0 Å². The minimum atomic E-state index is -0.113. The van der Waals surface area contributed by atoms with Crippen molar-refractivity contribution in [1.29, 1.82) is 0 Å². The number of fused-ring (bicyclic) bond motifs is 1. The number of nitrogens with one attached hydrogen (secondary N) is 1. The Morgan fingerprint density at radius 2 is 1.79 bits per heavy atom. The van der Waals surface area contributed by atoms with Crippen LogP contribution in [0.4, 0.5) is 5.69 Å². The highest BCUT2D eigenvalue weighted by Gasteiger charge is 2.20. The molecule has 0 spiro atoms. The molecule has 5 rings (SSSR count). The molecule has 1 N–H and O–H groups in total. The zero-order valence-electron chi connectivity index (χ0n) is 18.8. The van der Waals surface area contributed by atoms with Gasteiger partial charge < -0.3 is 10.2 Å². The summed E-state index contributed by atoms with van der Waals surface area (Å²) in [5, 5.41) is 7.76. The summed E-state index contributed by atoms with van der Waals surface area (Å²) >= 11 is 1.63. The maximum atomic E-state index is 13.3. The van der Waals surface area contributed by atoms with Crippen molar-refractivity contribution >= 4 is 29.3 Å². The van der Waals surface area contributed by atoms with E-state index in [4.69, 9.17) is 5.10 Å². The minimum absolute atomic E-state index is 0.0231. The highest BCUT2D eigenvalue weighted by molar-refractivity contribution is 7.99. The molecular weight excluding hydrogens is 444 g/mol. The topological polar surface area (TPSA) is 67.2 Å². The van der Waals surface area contributed by atoms with Gasteiger partial charge in [-0.1, -0.05) is 48.5 Å². The fourth-order valence-corrected chi connectivity index (χ4v) is 4.92. The van der Waals surface area contributed by atoms with E-state index in [1.54, 1.807) is 29.8 Å². The van der Waals surface area contributed by atoms with Crippen LogP contribution in [0.2, 0.25) is 0 Å². The Balaban J connectivity index is 1.44. The summed E-state index contributed by atoms with van der Waals surface area (Å²) in [4.78, 5) is 27.9. The number of anilines is 1. The molecule has 0 saturated carbocycles. The van der Waals surface area contributed by atoms with Gasteiger partial charge in [0, 0.05) is 53.5 Å². The van der Waals surface area contributed by atoms with Crippen LogP contribution in [-0.2, 0) is 11.3 Å². The zero-order valence-corrected chi connectivity index (χ0v) is 19.6. The summed E-state index contributed by atoms with van der Waals surface area (Å²) in [7, 11) is 1.79. The number of para-hydroxylation sites is 1. The lowest BCUT2D eigenvalue weighted by atomic mass is 10.1. The van der Waals surface area contributed by atoms with Crippen molar-refractivity contribution in [2.75, 3.05) is 18.1 Å². The van der Waals surface area contributed by atoms with Crippen molar-refractivity contribution in [2.45, 2.75) is 17.9 Å². The smallest absolute Gasteiger partial charge is 0.253 e. The summed E-state index contributed by atoms with van der Waals surface area (Å²) < 4.78 is 1.85. The van der Waals surface area contributed by atoms with E-state index >= 15 is 0 Å². The molecule has 0 bridgehead atoms. The normalized spacial score (nSPS) is 13.0. The molecule has 34 heavy (non-hydrogen) atoms. The van der Waals surface area contributed by atoms with Gasteiger partial charge in [-0.15, -0.1) is 11.8 Å². The van der Waals surface area contributed by atoms with E-state index in [1.807, 2.05) is 83.7 Å². The van der Waals surface area contributed by atoms with Crippen molar-refractivity contribution < 1.29 is 9.59 Å². The fourth-order valence-electron chi connectivity index (χ4n) is 3.98. The van der Waals surface area contributed by atoms with Gasteiger partial charge in [0.15, 0.2) is 0 Å². The van der Waals surface area contributed by atoms with Crippen LogP contribution in [0.3, 0.4) is 0 Å². The van der Waals surface area contributed by atoms with Crippen LogP contribution >= 0.6 is 11.8 Å². The second-order valence-corrected chi connectivity index (χ2v) is 9.30. The monoisotopic (exact) mass is 468 g/mol. The zero-order chi connectivity index (χ0) is 23.5. The Bertz CT molecular complexity index is 1340. The largest absolute Gasteiger partial charge is 0.337 e. The number of aromatic nitrogens is 2. The average Bonchev–Trinajstić information content (AvgIpc) is 3.19. The van der Waals surface area contributed by atoms with Crippen molar-refractivity contribution in [3.8, 4) is 16.9 Å². The number of carbonyl (C=O) groups excluding carboxylic acids is 2. The summed E-state index contributed by atoms with van der Waals surface area (Å²) in [6.07, 6.45) is 2.45. The molecule has 6 nitrogen and oxygen atoms in total. The first-order valence-corrected chi connectivity index (χ1v) is 12.1. The number of hydrogen-bond acceptors (Lipinski definition) is 4. The number of rotatable bonds is 5. The van der Waals surface area contributed by atoms with E-state index in [0.29, 0.717) is 24.2 Å². The third-order valence-electron chi connectivity index (χ3n) is 5.70. The Hall–Kier alpha value is -3.84. The van der Waals surface area contributed by atoms with Crippen LogP contribution in [0.25, 0.3) is 16.9 Å². The first kappa shape index (κ1) is 22.0. The second kappa shape index (κ2) is 9.57. The molecule has 1 aromatic heterocycles. The Labute approximate surface area is 202 Å². The van der Waals surface area contributed by atoms with Gasteiger partial charge >= 0.3 is 0 Å². The Morgan fingerprint density at radius 3 is 2.56 bits per heavy atom. The molecule has 0 aliphatic carbocycles. The number of carbonyl (C=O) groups is 2. The van der Waals surface area contributed by atoms with Crippen molar-refractivity contribution in [3.05, 3.63) is 96.2 Å². The van der Waals surface area contributed by atoms with E-state index in [-0.39, 0.29) is 11.8 Å². The average molecular weight is 469 g/mol. The second-order valence-electron chi connectivity index (χ2n) is 8.17. The predicted molar refractivity (Wildman–Crippen MR) is 135 cm³/mol. The first-order chi connectivity index (χ1) is 16.6. The van der Waals surface area contributed by atoms with Gasteiger partial charge in [-0.3, -0.25) is 9.59 Å². The van der Waals surface area contributed by atoms with Crippen LogP contribution in [0.5, 0.6) is 0 Å². The molecule has 7 heteroatoms. The third kappa shape index (κ3) is 4.61. The predicted octanol–water partition coefficient (Wildman–Crippen LogP) is 5.25. The summed E-state index contributed by atoms with van der Waals surface area (Å²) in [5.74, 6) is 0.600. The summed E-state index contributed by atoms with van der Waals surface area (Å²) in [6, 6.07) is 25.4. The number of nitrogens with zero attached hydrogens (tertiary/aromatic N) is 3.